The van der Waals surface area contributed by atoms with Gasteiger partial charge in [-0.15, -0.1) is 0 Å². The third-order valence-corrected chi connectivity index (χ3v) is 3.10. The second-order valence-electron chi connectivity index (χ2n) is 4.24. The minimum Gasteiger partial charge on any atom is -0.340 e. The van der Waals surface area contributed by atoms with Crippen molar-refractivity contribution in [2.24, 2.45) is 7.05 Å². The number of hydrogen-bond donors (Lipinski definition) is 0. The SMILES string of the molecule is CC(=O)N1CCN(Cc2nccn2C)CC1. The molecule has 1 saturated heterocycles. The number of aromatic nitrogens is 2. The lowest BCUT2D eigenvalue weighted by Crippen LogP contribution is -2.47. The van der Waals surface area contributed by atoms with E-state index in [0.29, 0.717) is 0 Å². The zero-order valence-corrected chi connectivity index (χ0v) is 9.89. The van der Waals surface area contributed by atoms with Gasteiger partial charge in [-0.25, -0.2) is 4.98 Å². The maximum Gasteiger partial charge on any atom is 0.219 e. The van der Waals surface area contributed by atoms with Gasteiger partial charge in [-0.1, -0.05) is 0 Å². The predicted molar refractivity (Wildman–Crippen MR) is 60.7 cm³/mol. The van der Waals surface area contributed by atoms with Gasteiger partial charge in [0, 0.05) is 52.5 Å². The van der Waals surface area contributed by atoms with Crippen LogP contribution in [0.15, 0.2) is 12.4 Å². The molecule has 0 saturated carbocycles. The first-order valence-corrected chi connectivity index (χ1v) is 5.61. The normalized spacial score (nSPS) is 17.8. The summed E-state index contributed by atoms with van der Waals surface area (Å²) in [5.41, 5.74) is 0. The van der Waals surface area contributed by atoms with Crippen LogP contribution in [0, 0.1) is 0 Å². The molecule has 0 atom stereocenters. The van der Waals surface area contributed by atoms with Crippen LogP contribution in [0.5, 0.6) is 0 Å². The van der Waals surface area contributed by atoms with E-state index in [2.05, 4.69) is 9.88 Å². The number of hydrogen-bond acceptors (Lipinski definition) is 3. The zero-order chi connectivity index (χ0) is 11.5. The number of carbonyl (C=O) groups excluding carboxylic acids is 1. The minimum absolute atomic E-state index is 0.177. The van der Waals surface area contributed by atoms with E-state index in [0.717, 1.165) is 38.5 Å². The molecular formula is C11H18N4O. The molecule has 1 amide bonds. The van der Waals surface area contributed by atoms with Crippen LogP contribution in [0.25, 0.3) is 0 Å². The first-order chi connectivity index (χ1) is 7.66. The highest BCUT2D eigenvalue weighted by atomic mass is 16.2. The Morgan fingerprint density at radius 1 is 1.38 bits per heavy atom. The summed E-state index contributed by atoms with van der Waals surface area (Å²) in [6.07, 6.45) is 3.78. The van der Waals surface area contributed by atoms with Gasteiger partial charge in [0.2, 0.25) is 5.91 Å². The van der Waals surface area contributed by atoms with Crippen molar-refractivity contribution in [2.75, 3.05) is 26.2 Å². The lowest BCUT2D eigenvalue weighted by atomic mass is 10.3. The van der Waals surface area contributed by atoms with Crippen LogP contribution in [0.4, 0.5) is 0 Å². The van der Waals surface area contributed by atoms with Crippen LogP contribution in [0.1, 0.15) is 12.7 Å². The molecule has 0 radical (unpaired) electrons. The van der Waals surface area contributed by atoms with Gasteiger partial charge in [0.25, 0.3) is 0 Å². The Balaban J connectivity index is 1.86. The topological polar surface area (TPSA) is 41.4 Å². The quantitative estimate of drug-likeness (QED) is 0.712. The first-order valence-electron chi connectivity index (χ1n) is 5.61. The highest BCUT2D eigenvalue weighted by Gasteiger charge is 2.19. The molecule has 0 unspecified atom stereocenters. The molecule has 0 bridgehead atoms. The molecule has 0 N–H and O–H groups in total. The van der Waals surface area contributed by atoms with E-state index < -0.39 is 0 Å². The molecule has 1 aromatic heterocycles. The van der Waals surface area contributed by atoms with Crippen LogP contribution in [0.2, 0.25) is 0 Å². The fraction of sp³-hybridized carbons (Fsp3) is 0.636. The van der Waals surface area contributed by atoms with E-state index >= 15 is 0 Å². The van der Waals surface area contributed by atoms with Crippen LogP contribution in [-0.4, -0.2) is 51.4 Å². The molecule has 5 heteroatoms. The van der Waals surface area contributed by atoms with Crippen LogP contribution < -0.4 is 0 Å². The van der Waals surface area contributed by atoms with Gasteiger partial charge in [0.15, 0.2) is 0 Å². The molecule has 5 nitrogen and oxygen atoms in total. The fourth-order valence-electron chi connectivity index (χ4n) is 1.97. The second kappa shape index (κ2) is 4.65. The van der Waals surface area contributed by atoms with Crippen molar-refractivity contribution in [3.8, 4) is 0 Å². The fourth-order valence-corrected chi connectivity index (χ4v) is 1.97. The molecule has 1 aliphatic rings. The van der Waals surface area contributed by atoms with Crippen molar-refractivity contribution in [3.63, 3.8) is 0 Å². The number of carbonyl (C=O) groups is 1. The van der Waals surface area contributed by atoms with Crippen molar-refractivity contribution < 1.29 is 4.79 Å². The van der Waals surface area contributed by atoms with Crippen molar-refractivity contribution in [3.05, 3.63) is 18.2 Å². The van der Waals surface area contributed by atoms with E-state index in [4.69, 9.17) is 0 Å². The Labute approximate surface area is 95.7 Å². The van der Waals surface area contributed by atoms with Gasteiger partial charge in [0.1, 0.15) is 5.82 Å². The van der Waals surface area contributed by atoms with E-state index in [1.165, 1.54) is 0 Å². The third kappa shape index (κ3) is 2.41. The number of rotatable bonds is 2. The lowest BCUT2D eigenvalue weighted by molar-refractivity contribution is -0.130. The summed E-state index contributed by atoms with van der Waals surface area (Å²) in [4.78, 5) is 19.7. The van der Waals surface area contributed by atoms with E-state index in [1.807, 2.05) is 28.9 Å². The summed E-state index contributed by atoms with van der Waals surface area (Å²) in [5.74, 6) is 1.26. The highest BCUT2D eigenvalue weighted by molar-refractivity contribution is 5.73. The van der Waals surface area contributed by atoms with Gasteiger partial charge < -0.3 is 9.47 Å². The monoisotopic (exact) mass is 222 g/mol. The highest BCUT2D eigenvalue weighted by Crippen LogP contribution is 2.06. The first kappa shape index (κ1) is 11.1. The predicted octanol–water partition coefficient (Wildman–Crippen LogP) is 0.0842. The van der Waals surface area contributed by atoms with Crippen LogP contribution in [-0.2, 0) is 18.4 Å². The zero-order valence-electron chi connectivity index (χ0n) is 9.89. The van der Waals surface area contributed by atoms with E-state index in [1.54, 1.807) is 6.92 Å². The average Bonchev–Trinajstić information content (AvgIpc) is 2.65. The molecular weight excluding hydrogens is 204 g/mol. The summed E-state index contributed by atoms with van der Waals surface area (Å²) in [6.45, 7) is 6.04. The largest absolute Gasteiger partial charge is 0.340 e. The van der Waals surface area contributed by atoms with Gasteiger partial charge in [-0.3, -0.25) is 9.69 Å². The number of piperazine rings is 1. The minimum atomic E-state index is 0.177. The molecule has 1 aromatic rings. The third-order valence-electron chi connectivity index (χ3n) is 3.10. The van der Waals surface area contributed by atoms with E-state index in [9.17, 15) is 4.79 Å². The smallest absolute Gasteiger partial charge is 0.219 e. The summed E-state index contributed by atoms with van der Waals surface area (Å²) < 4.78 is 2.04. The van der Waals surface area contributed by atoms with Crippen molar-refractivity contribution >= 4 is 5.91 Å². The van der Waals surface area contributed by atoms with Gasteiger partial charge in [0.05, 0.1) is 6.54 Å². The Hall–Kier alpha value is -1.36. The molecule has 88 valence electrons. The van der Waals surface area contributed by atoms with Gasteiger partial charge >= 0.3 is 0 Å². The van der Waals surface area contributed by atoms with Crippen LogP contribution >= 0.6 is 0 Å². The number of nitrogens with zero attached hydrogens (tertiary/aromatic N) is 4. The Morgan fingerprint density at radius 3 is 2.56 bits per heavy atom. The molecule has 2 rings (SSSR count). The number of imidazole rings is 1. The van der Waals surface area contributed by atoms with Crippen molar-refractivity contribution in [1.29, 1.82) is 0 Å². The molecule has 2 heterocycles. The molecule has 1 fully saturated rings. The molecule has 16 heavy (non-hydrogen) atoms. The number of amides is 1. The van der Waals surface area contributed by atoms with Crippen LogP contribution in [0.3, 0.4) is 0 Å². The molecule has 0 aliphatic carbocycles. The Kier molecular flexibility index (Phi) is 3.24. The maximum absolute atomic E-state index is 11.2. The van der Waals surface area contributed by atoms with Gasteiger partial charge in [-0.2, -0.15) is 0 Å². The van der Waals surface area contributed by atoms with Gasteiger partial charge in [-0.05, 0) is 0 Å². The van der Waals surface area contributed by atoms with E-state index in [-0.39, 0.29) is 5.91 Å². The summed E-state index contributed by atoms with van der Waals surface area (Å²) in [7, 11) is 2.01. The summed E-state index contributed by atoms with van der Waals surface area (Å²) in [6, 6.07) is 0. The Morgan fingerprint density at radius 2 is 2.06 bits per heavy atom. The maximum atomic E-state index is 11.2. The molecule has 1 aliphatic heterocycles. The Bertz CT molecular complexity index is 366. The molecule has 0 aromatic carbocycles. The summed E-state index contributed by atoms with van der Waals surface area (Å²) in [5, 5.41) is 0. The molecule has 0 spiro atoms. The van der Waals surface area contributed by atoms with Crippen molar-refractivity contribution in [2.45, 2.75) is 13.5 Å². The number of aryl methyl sites for hydroxylation is 1. The summed E-state index contributed by atoms with van der Waals surface area (Å²) >= 11 is 0. The standard InChI is InChI=1S/C11H18N4O/c1-10(16)15-7-5-14(6-8-15)9-11-12-3-4-13(11)2/h3-4H,5-9H2,1-2H3. The van der Waals surface area contributed by atoms with Crippen molar-refractivity contribution in [1.82, 2.24) is 19.4 Å². The lowest BCUT2D eigenvalue weighted by Gasteiger charge is -2.33. The average molecular weight is 222 g/mol. The second-order valence-corrected chi connectivity index (χ2v) is 4.24.